The lowest BCUT2D eigenvalue weighted by Gasteiger charge is -2.14. The fourth-order valence-electron chi connectivity index (χ4n) is 2.49. The summed E-state index contributed by atoms with van der Waals surface area (Å²) in [7, 11) is 0. The maximum atomic E-state index is 4.57. The van der Waals surface area contributed by atoms with E-state index >= 15 is 0 Å². The number of rotatable bonds is 5. The van der Waals surface area contributed by atoms with E-state index in [4.69, 9.17) is 0 Å². The maximum Gasteiger partial charge on any atom is 0.0897 e. The second-order valence-electron chi connectivity index (χ2n) is 4.86. The Balaban J connectivity index is 2.07. The summed E-state index contributed by atoms with van der Waals surface area (Å²) in [5, 5.41) is 11.3. The van der Waals surface area contributed by atoms with Crippen molar-refractivity contribution in [2.45, 2.75) is 53.8 Å². The van der Waals surface area contributed by atoms with E-state index in [0.717, 1.165) is 29.5 Å². The molecule has 0 saturated carbocycles. The summed E-state index contributed by atoms with van der Waals surface area (Å²) in [4.78, 5) is 4.48. The highest BCUT2D eigenvalue weighted by molar-refractivity contribution is 7.09. The lowest BCUT2D eigenvalue weighted by atomic mass is 10.1. The quantitative estimate of drug-likeness (QED) is 0.913. The molecule has 1 atom stereocenters. The monoisotopic (exact) mass is 278 g/mol. The summed E-state index contributed by atoms with van der Waals surface area (Å²) in [5.74, 6) is 0. The van der Waals surface area contributed by atoms with Crippen LogP contribution in [0.25, 0.3) is 0 Å². The normalized spacial score (nSPS) is 12.9. The molecule has 2 aromatic rings. The molecule has 1 unspecified atom stereocenters. The van der Waals surface area contributed by atoms with Gasteiger partial charge in [-0.25, -0.2) is 4.98 Å². The third-order valence-electron chi connectivity index (χ3n) is 3.43. The van der Waals surface area contributed by atoms with Gasteiger partial charge in [0.1, 0.15) is 0 Å². The zero-order chi connectivity index (χ0) is 14.0. The summed E-state index contributed by atoms with van der Waals surface area (Å²) in [6, 6.07) is 0.294. The predicted octanol–water partition coefficient (Wildman–Crippen LogP) is 3.14. The average Bonchev–Trinajstić information content (AvgIpc) is 2.90. The van der Waals surface area contributed by atoms with E-state index in [9.17, 15) is 0 Å². The Kier molecular flexibility index (Phi) is 4.37. The molecule has 0 bridgehead atoms. The van der Waals surface area contributed by atoms with Gasteiger partial charge in [0.15, 0.2) is 0 Å². The number of hydrogen-bond acceptors (Lipinski definition) is 4. The number of aromatic nitrogens is 3. The first kappa shape index (κ1) is 14.2. The first-order chi connectivity index (χ1) is 9.02. The first-order valence-corrected chi connectivity index (χ1v) is 7.59. The smallest absolute Gasteiger partial charge is 0.0897 e. The van der Waals surface area contributed by atoms with Gasteiger partial charge >= 0.3 is 0 Å². The summed E-state index contributed by atoms with van der Waals surface area (Å²) in [6.07, 6.45) is 0. The molecule has 0 radical (unpaired) electrons. The minimum atomic E-state index is 0.294. The molecule has 0 fully saturated rings. The predicted molar refractivity (Wildman–Crippen MR) is 79.5 cm³/mol. The molecule has 0 saturated heterocycles. The third-order valence-corrected chi connectivity index (χ3v) is 4.25. The molecule has 0 spiro atoms. The van der Waals surface area contributed by atoms with E-state index in [-0.39, 0.29) is 0 Å². The molecule has 4 nitrogen and oxygen atoms in total. The minimum absolute atomic E-state index is 0.294. The van der Waals surface area contributed by atoms with Gasteiger partial charge in [-0.3, -0.25) is 4.68 Å². The van der Waals surface area contributed by atoms with Gasteiger partial charge in [-0.15, -0.1) is 11.3 Å². The van der Waals surface area contributed by atoms with Crippen molar-refractivity contribution < 1.29 is 0 Å². The van der Waals surface area contributed by atoms with Crippen molar-refractivity contribution >= 4 is 11.3 Å². The molecular weight excluding hydrogens is 256 g/mol. The Bertz CT molecular complexity index is 556. The average molecular weight is 278 g/mol. The van der Waals surface area contributed by atoms with Crippen molar-refractivity contribution in [3.05, 3.63) is 33.0 Å². The zero-order valence-corrected chi connectivity index (χ0v) is 13.1. The van der Waals surface area contributed by atoms with Crippen LogP contribution in [0.1, 0.15) is 47.5 Å². The summed E-state index contributed by atoms with van der Waals surface area (Å²) < 4.78 is 2.07. The topological polar surface area (TPSA) is 42.7 Å². The zero-order valence-electron chi connectivity index (χ0n) is 12.3. The van der Waals surface area contributed by atoms with Crippen molar-refractivity contribution in [3.8, 4) is 0 Å². The van der Waals surface area contributed by atoms with Gasteiger partial charge in [0, 0.05) is 35.8 Å². The molecule has 104 valence electrons. The van der Waals surface area contributed by atoms with E-state index in [1.165, 1.54) is 11.3 Å². The Hall–Kier alpha value is -1.20. The van der Waals surface area contributed by atoms with Gasteiger partial charge < -0.3 is 5.32 Å². The Morgan fingerprint density at radius 2 is 2.11 bits per heavy atom. The van der Waals surface area contributed by atoms with E-state index in [1.54, 1.807) is 11.3 Å². The highest BCUT2D eigenvalue weighted by Gasteiger charge is 2.16. The van der Waals surface area contributed by atoms with Gasteiger partial charge in [0.25, 0.3) is 0 Å². The van der Waals surface area contributed by atoms with Crippen LogP contribution < -0.4 is 5.32 Å². The van der Waals surface area contributed by atoms with Gasteiger partial charge in [-0.2, -0.15) is 5.10 Å². The largest absolute Gasteiger partial charge is 0.304 e. The highest BCUT2D eigenvalue weighted by Crippen LogP contribution is 2.21. The van der Waals surface area contributed by atoms with E-state index in [1.807, 2.05) is 6.92 Å². The fourth-order valence-corrected chi connectivity index (χ4v) is 3.11. The fraction of sp³-hybridized carbons (Fsp3) is 0.571. The second-order valence-corrected chi connectivity index (χ2v) is 5.92. The Labute approximate surface area is 118 Å². The molecule has 2 aromatic heterocycles. The second kappa shape index (κ2) is 5.84. The van der Waals surface area contributed by atoms with Crippen molar-refractivity contribution in [2.24, 2.45) is 0 Å². The SMILES string of the molecule is CCn1nc(C)c(C(C)NCc2csc(C)n2)c1C. The van der Waals surface area contributed by atoms with E-state index < -0.39 is 0 Å². The van der Waals surface area contributed by atoms with Crippen LogP contribution in [0.5, 0.6) is 0 Å². The van der Waals surface area contributed by atoms with Crippen LogP contribution in [0, 0.1) is 20.8 Å². The molecule has 0 amide bonds. The standard InChI is InChI=1S/C14H22N4S/c1-6-18-11(4)14(10(3)17-18)9(2)15-7-13-8-19-12(5)16-13/h8-9,15H,6-7H2,1-5H3. The van der Waals surface area contributed by atoms with Crippen molar-refractivity contribution in [1.82, 2.24) is 20.1 Å². The summed E-state index contributed by atoms with van der Waals surface area (Å²) in [6.45, 7) is 12.3. The van der Waals surface area contributed by atoms with E-state index in [0.29, 0.717) is 6.04 Å². The lowest BCUT2D eigenvalue weighted by molar-refractivity contribution is 0.561. The molecule has 2 rings (SSSR count). The van der Waals surface area contributed by atoms with Gasteiger partial charge in [0.05, 0.1) is 16.4 Å². The maximum absolute atomic E-state index is 4.57. The number of hydrogen-bond donors (Lipinski definition) is 1. The number of nitrogens with one attached hydrogen (secondary N) is 1. The van der Waals surface area contributed by atoms with Gasteiger partial charge in [-0.1, -0.05) is 0 Å². The first-order valence-electron chi connectivity index (χ1n) is 6.71. The molecule has 0 aromatic carbocycles. The van der Waals surface area contributed by atoms with Crippen LogP contribution in [0.15, 0.2) is 5.38 Å². The van der Waals surface area contributed by atoms with E-state index in [2.05, 4.69) is 53.2 Å². The van der Waals surface area contributed by atoms with Crippen LogP contribution in [-0.2, 0) is 13.1 Å². The summed E-state index contributed by atoms with van der Waals surface area (Å²) >= 11 is 1.70. The van der Waals surface area contributed by atoms with Crippen LogP contribution in [0.4, 0.5) is 0 Å². The number of nitrogens with zero attached hydrogens (tertiary/aromatic N) is 3. The molecule has 1 N–H and O–H groups in total. The number of thiazole rings is 1. The Morgan fingerprint density at radius 1 is 1.37 bits per heavy atom. The molecule has 19 heavy (non-hydrogen) atoms. The highest BCUT2D eigenvalue weighted by atomic mass is 32.1. The van der Waals surface area contributed by atoms with Crippen LogP contribution in [-0.4, -0.2) is 14.8 Å². The summed E-state index contributed by atoms with van der Waals surface area (Å²) in [5.41, 5.74) is 4.81. The van der Waals surface area contributed by atoms with Crippen LogP contribution in [0.2, 0.25) is 0 Å². The number of aryl methyl sites for hydroxylation is 3. The lowest BCUT2D eigenvalue weighted by Crippen LogP contribution is -2.19. The molecule has 5 heteroatoms. The van der Waals surface area contributed by atoms with Crippen molar-refractivity contribution in [1.29, 1.82) is 0 Å². The molecule has 2 heterocycles. The van der Waals surface area contributed by atoms with Crippen LogP contribution >= 0.6 is 11.3 Å². The van der Waals surface area contributed by atoms with Crippen molar-refractivity contribution in [3.63, 3.8) is 0 Å². The van der Waals surface area contributed by atoms with Crippen molar-refractivity contribution in [2.75, 3.05) is 0 Å². The molecule has 0 aliphatic carbocycles. The third kappa shape index (κ3) is 3.04. The van der Waals surface area contributed by atoms with Gasteiger partial charge in [-0.05, 0) is 34.6 Å². The molecule has 0 aliphatic rings. The minimum Gasteiger partial charge on any atom is -0.304 e. The molecular formula is C14H22N4S. The Morgan fingerprint density at radius 3 is 2.63 bits per heavy atom. The van der Waals surface area contributed by atoms with Gasteiger partial charge in [0.2, 0.25) is 0 Å². The molecule has 0 aliphatic heterocycles. The van der Waals surface area contributed by atoms with Crippen LogP contribution in [0.3, 0.4) is 0 Å².